The predicted molar refractivity (Wildman–Crippen MR) is 122 cm³/mol. The van der Waals surface area contributed by atoms with E-state index in [1.807, 2.05) is 31.2 Å². The first-order valence-corrected chi connectivity index (χ1v) is 10.9. The smallest absolute Gasteiger partial charge is 0.273 e. The van der Waals surface area contributed by atoms with Crippen LogP contribution in [0.1, 0.15) is 26.0 Å². The van der Waals surface area contributed by atoms with E-state index in [0.717, 1.165) is 21.5 Å². The van der Waals surface area contributed by atoms with Gasteiger partial charge in [0.25, 0.3) is 11.8 Å². The highest BCUT2D eigenvalue weighted by Gasteiger charge is 2.22. The van der Waals surface area contributed by atoms with Crippen molar-refractivity contribution in [1.29, 1.82) is 0 Å². The Kier molecular flexibility index (Phi) is 6.00. The van der Waals surface area contributed by atoms with Crippen LogP contribution in [-0.4, -0.2) is 51.6 Å². The second-order valence-electron chi connectivity index (χ2n) is 7.39. The molecule has 1 N–H and O–H groups in total. The monoisotopic (exact) mass is 451 g/mol. The van der Waals surface area contributed by atoms with Crippen molar-refractivity contribution in [3.05, 3.63) is 70.7 Å². The maximum absolute atomic E-state index is 13.3. The van der Waals surface area contributed by atoms with Crippen LogP contribution in [0.15, 0.2) is 48.5 Å². The van der Waals surface area contributed by atoms with Crippen molar-refractivity contribution in [3.8, 4) is 10.4 Å². The summed E-state index contributed by atoms with van der Waals surface area (Å²) in [5.41, 5.74) is 2.29. The van der Waals surface area contributed by atoms with E-state index >= 15 is 0 Å². The molecular weight excluding hydrogens is 429 g/mol. The van der Waals surface area contributed by atoms with Gasteiger partial charge in [-0.05, 0) is 30.7 Å². The molecule has 0 aliphatic rings. The van der Waals surface area contributed by atoms with E-state index in [2.05, 4.69) is 15.4 Å². The van der Waals surface area contributed by atoms with Gasteiger partial charge in [0, 0.05) is 32.6 Å². The number of halogens is 1. The van der Waals surface area contributed by atoms with Crippen LogP contribution in [-0.2, 0) is 7.05 Å². The molecular formula is C23H22FN5O2S. The third-order valence-electron chi connectivity index (χ3n) is 5.10. The van der Waals surface area contributed by atoms with E-state index in [4.69, 9.17) is 0 Å². The first-order chi connectivity index (χ1) is 15.3. The Labute approximate surface area is 188 Å². The van der Waals surface area contributed by atoms with E-state index in [1.54, 1.807) is 30.9 Å². The number of benzene rings is 2. The molecule has 0 aliphatic heterocycles. The summed E-state index contributed by atoms with van der Waals surface area (Å²) in [6.07, 6.45) is 0. The molecule has 0 saturated heterocycles. The minimum Gasteiger partial charge on any atom is -0.349 e. The molecule has 7 nitrogen and oxygen atoms in total. The van der Waals surface area contributed by atoms with Crippen LogP contribution < -0.4 is 5.32 Å². The first-order valence-electron chi connectivity index (χ1n) is 10.0. The summed E-state index contributed by atoms with van der Waals surface area (Å²) in [6.45, 7) is 2.39. The number of likely N-dealkylation sites (N-methyl/N-ethyl adjacent to an activating group) is 1. The fourth-order valence-corrected chi connectivity index (χ4v) is 4.37. The van der Waals surface area contributed by atoms with Crippen molar-refractivity contribution in [2.75, 3.05) is 20.1 Å². The number of thiazole rings is 1. The molecule has 4 rings (SSSR count). The fourth-order valence-electron chi connectivity index (χ4n) is 3.45. The molecule has 4 aromatic rings. The number of carbonyl (C=O) groups excluding carboxylic acids is 2. The minimum absolute atomic E-state index is 0.258. The van der Waals surface area contributed by atoms with Gasteiger partial charge in [-0.25, -0.2) is 9.37 Å². The van der Waals surface area contributed by atoms with Gasteiger partial charge in [0.05, 0.1) is 15.4 Å². The standard InChI is InChI=1S/C23H22FN5O2S/c1-14-26-20(21(32-14)15-8-10-16(24)11-9-15)23(31)28(2)13-12-25-22(30)19-17-6-4-5-7-18(17)29(3)27-19/h4-11H,12-13H2,1-3H3,(H,25,30). The van der Waals surface area contributed by atoms with Crippen LogP contribution >= 0.6 is 11.3 Å². The van der Waals surface area contributed by atoms with Crippen molar-refractivity contribution >= 4 is 34.1 Å². The highest BCUT2D eigenvalue weighted by atomic mass is 32.1. The molecule has 9 heteroatoms. The third-order valence-corrected chi connectivity index (χ3v) is 6.12. The summed E-state index contributed by atoms with van der Waals surface area (Å²) in [6, 6.07) is 13.5. The number of hydrogen-bond acceptors (Lipinski definition) is 5. The maximum atomic E-state index is 13.3. The molecule has 2 heterocycles. The molecule has 2 aromatic heterocycles. The summed E-state index contributed by atoms with van der Waals surface area (Å²) >= 11 is 1.39. The summed E-state index contributed by atoms with van der Waals surface area (Å²) in [5.74, 6) is -0.887. The molecule has 32 heavy (non-hydrogen) atoms. The zero-order valence-electron chi connectivity index (χ0n) is 17.9. The van der Waals surface area contributed by atoms with Crippen molar-refractivity contribution in [2.45, 2.75) is 6.92 Å². The van der Waals surface area contributed by atoms with E-state index in [0.29, 0.717) is 22.8 Å². The number of fused-ring (bicyclic) bond motifs is 1. The van der Waals surface area contributed by atoms with Gasteiger partial charge in [-0.15, -0.1) is 11.3 Å². The Balaban J connectivity index is 1.42. The van der Waals surface area contributed by atoms with Gasteiger partial charge in [-0.1, -0.05) is 30.3 Å². The molecule has 0 aliphatic carbocycles. The Bertz CT molecular complexity index is 1300. The quantitative estimate of drug-likeness (QED) is 0.485. The molecule has 164 valence electrons. The lowest BCUT2D eigenvalue weighted by molar-refractivity contribution is 0.0782. The van der Waals surface area contributed by atoms with Crippen LogP contribution in [0.25, 0.3) is 21.3 Å². The van der Waals surface area contributed by atoms with Gasteiger partial charge >= 0.3 is 0 Å². The normalized spacial score (nSPS) is 11.0. The lowest BCUT2D eigenvalue weighted by Crippen LogP contribution is -2.36. The van der Waals surface area contributed by atoms with Crippen LogP contribution in [0.2, 0.25) is 0 Å². The fraction of sp³-hybridized carbons (Fsp3) is 0.217. The molecule has 0 fully saturated rings. The zero-order chi connectivity index (χ0) is 22.8. The number of rotatable bonds is 6. The van der Waals surface area contributed by atoms with E-state index in [-0.39, 0.29) is 24.2 Å². The van der Waals surface area contributed by atoms with Crippen molar-refractivity contribution in [1.82, 2.24) is 25.0 Å². The van der Waals surface area contributed by atoms with Gasteiger partial charge in [0.15, 0.2) is 5.69 Å². The number of aryl methyl sites for hydroxylation is 2. The number of nitrogens with zero attached hydrogens (tertiary/aromatic N) is 4. The van der Waals surface area contributed by atoms with Gasteiger partial charge in [0.1, 0.15) is 11.5 Å². The molecule has 0 atom stereocenters. The van der Waals surface area contributed by atoms with Crippen LogP contribution in [0.5, 0.6) is 0 Å². The van der Waals surface area contributed by atoms with Crippen molar-refractivity contribution in [3.63, 3.8) is 0 Å². The van der Waals surface area contributed by atoms with E-state index < -0.39 is 0 Å². The number of carbonyl (C=O) groups is 2. The topological polar surface area (TPSA) is 80.1 Å². The molecule has 0 radical (unpaired) electrons. The van der Waals surface area contributed by atoms with Crippen LogP contribution in [0.3, 0.4) is 0 Å². The van der Waals surface area contributed by atoms with Crippen molar-refractivity contribution in [2.24, 2.45) is 7.05 Å². The van der Waals surface area contributed by atoms with Crippen LogP contribution in [0, 0.1) is 12.7 Å². The Morgan fingerprint density at radius 2 is 1.84 bits per heavy atom. The number of para-hydroxylation sites is 1. The first kappa shape index (κ1) is 21.6. The Morgan fingerprint density at radius 3 is 2.59 bits per heavy atom. The van der Waals surface area contributed by atoms with Crippen molar-refractivity contribution < 1.29 is 14.0 Å². The molecule has 2 amide bonds. The summed E-state index contributed by atoms with van der Waals surface area (Å²) in [7, 11) is 3.45. The maximum Gasteiger partial charge on any atom is 0.273 e. The highest BCUT2D eigenvalue weighted by Crippen LogP contribution is 2.31. The molecule has 0 bridgehead atoms. The van der Waals surface area contributed by atoms with Crippen LogP contribution in [0.4, 0.5) is 4.39 Å². The number of aromatic nitrogens is 3. The molecule has 0 saturated carbocycles. The molecule has 0 spiro atoms. The van der Waals surface area contributed by atoms with E-state index in [9.17, 15) is 14.0 Å². The Morgan fingerprint density at radius 1 is 1.12 bits per heavy atom. The summed E-state index contributed by atoms with van der Waals surface area (Å²) < 4.78 is 15.0. The third kappa shape index (κ3) is 4.24. The average molecular weight is 452 g/mol. The number of hydrogen-bond donors (Lipinski definition) is 1. The number of nitrogens with one attached hydrogen (secondary N) is 1. The second kappa shape index (κ2) is 8.88. The highest BCUT2D eigenvalue weighted by molar-refractivity contribution is 7.15. The predicted octanol–water partition coefficient (Wildman–Crippen LogP) is 3.65. The second-order valence-corrected chi connectivity index (χ2v) is 8.59. The van der Waals surface area contributed by atoms with Gasteiger partial charge in [-0.3, -0.25) is 14.3 Å². The lowest BCUT2D eigenvalue weighted by Gasteiger charge is -2.17. The Hall–Kier alpha value is -3.59. The summed E-state index contributed by atoms with van der Waals surface area (Å²) in [5, 5.41) is 8.67. The molecule has 0 unspecified atom stereocenters. The largest absolute Gasteiger partial charge is 0.349 e. The molecule has 2 aromatic carbocycles. The van der Waals surface area contributed by atoms with Gasteiger partial charge < -0.3 is 10.2 Å². The van der Waals surface area contributed by atoms with E-state index in [1.165, 1.54) is 28.4 Å². The average Bonchev–Trinajstić information content (AvgIpc) is 3.34. The SMILES string of the molecule is Cc1nc(C(=O)N(C)CCNC(=O)c2nn(C)c3ccccc23)c(-c2ccc(F)cc2)s1. The minimum atomic E-state index is -0.337. The van der Waals surface area contributed by atoms with Gasteiger partial charge in [-0.2, -0.15) is 5.10 Å². The lowest BCUT2D eigenvalue weighted by atomic mass is 10.1. The zero-order valence-corrected chi connectivity index (χ0v) is 18.7. The summed E-state index contributed by atoms with van der Waals surface area (Å²) in [4.78, 5) is 32.2. The number of amides is 2. The van der Waals surface area contributed by atoms with Gasteiger partial charge in [0.2, 0.25) is 0 Å².